The largest absolute Gasteiger partial charge is 0.458 e. The van der Waals surface area contributed by atoms with Gasteiger partial charge in [-0.1, -0.05) is 30.3 Å². The Bertz CT molecular complexity index is 561. The molecule has 0 fully saturated rings. The van der Waals surface area contributed by atoms with Gasteiger partial charge in [-0.3, -0.25) is 0 Å². The van der Waals surface area contributed by atoms with Gasteiger partial charge in [-0.15, -0.1) is 0 Å². The van der Waals surface area contributed by atoms with Crippen LogP contribution in [-0.4, -0.2) is 58.1 Å². The number of hydrogen-bond acceptors (Lipinski definition) is 7. The molecule has 3 N–H and O–H groups in total. The van der Waals surface area contributed by atoms with Crippen molar-refractivity contribution in [3.05, 3.63) is 35.9 Å². The number of ether oxygens (including phenoxy) is 2. The predicted octanol–water partition coefficient (Wildman–Crippen LogP) is 1.71. The van der Waals surface area contributed by atoms with E-state index in [4.69, 9.17) is 14.6 Å². The van der Waals surface area contributed by atoms with Gasteiger partial charge in [0.1, 0.15) is 18.2 Å². The molecule has 0 aromatic heterocycles. The van der Waals surface area contributed by atoms with Crippen molar-refractivity contribution >= 4 is 23.8 Å². The topological polar surface area (TPSA) is 105 Å². The van der Waals surface area contributed by atoms with Crippen LogP contribution in [0, 0.1) is 0 Å². The molecule has 2 atom stereocenters. The van der Waals surface area contributed by atoms with Crippen molar-refractivity contribution in [3.8, 4) is 0 Å². The summed E-state index contributed by atoms with van der Waals surface area (Å²) >= 11 is 1.22. The first-order valence-corrected chi connectivity index (χ1v) is 9.43. The molecule has 0 bridgehead atoms. The second-order valence-corrected chi connectivity index (χ2v) is 7.74. The average molecular weight is 385 g/mol. The van der Waals surface area contributed by atoms with Crippen molar-refractivity contribution < 1.29 is 29.3 Å². The van der Waals surface area contributed by atoms with Crippen molar-refractivity contribution in [1.29, 1.82) is 0 Å². The van der Waals surface area contributed by atoms with E-state index in [0.717, 1.165) is 5.56 Å². The Labute approximate surface area is 158 Å². The maximum atomic E-state index is 12.3. The summed E-state index contributed by atoms with van der Waals surface area (Å²) in [7, 11) is 0. The highest BCUT2D eigenvalue weighted by Gasteiger charge is 2.27. The first-order chi connectivity index (χ1) is 12.2. The number of aliphatic hydroxyl groups is 2. The number of esters is 1. The zero-order valence-corrected chi connectivity index (χ0v) is 16.1. The third kappa shape index (κ3) is 9.65. The van der Waals surface area contributed by atoms with Gasteiger partial charge < -0.3 is 25.0 Å². The predicted molar refractivity (Wildman–Crippen MR) is 99.8 cm³/mol. The van der Waals surface area contributed by atoms with Gasteiger partial charge in [0.15, 0.2) is 0 Å². The van der Waals surface area contributed by atoms with Crippen LogP contribution in [0.15, 0.2) is 30.3 Å². The molecule has 0 saturated heterocycles. The number of thioether (sulfide) groups is 1. The Morgan fingerprint density at radius 2 is 1.85 bits per heavy atom. The molecule has 0 aliphatic rings. The molecule has 146 valence electrons. The van der Waals surface area contributed by atoms with Crippen LogP contribution in [0.1, 0.15) is 26.3 Å². The molecular weight excluding hydrogens is 358 g/mol. The van der Waals surface area contributed by atoms with Gasteiger partial charge in [0.25, 0.3) is 0 Å². The molecule has 0 aliphatic heterocycles. The van der Waals surface area contributed by atoms with E-state index in [-0.39, 0.29) is 24.7 Å². The van der Waals surface area contributed by atoms with Crippen LogP contribution in [0.2, 0.25) is 0 Å². The van der Waals surface area contributed by atoms with Gasteiger partial charge in [-0.05, 0) is 26.3 Å². The molecule has 0 heterocycles. The summed E-state index contributed by atoms with van der Waals surface area (Å²) in [5, 5.41) is 20.7. The van der Waals surface area contributed by atoms with Gasteiger partial charge in [0.05, 0.1) is 12.7 Å². The molecule has 0 radical (unpaired) electrons. The molecule has 8 heteroatoms. The normalized spacial score (nSPS) is 13.6. The lowest BCUT2D eigenvalue weighted by Gasteiger charge is -2.24. The second kappa shape index (κ2) is 11.1. The summed E-state index contributed by atoms with van der Waals surface area (Å²) in [4.78, 5) is 24.3. The van der Waals surface area contributed by atoms with E-state index < -0.39 is 29.8 Å². The van der Waals surface area contributed by atoms with E-state index in [0.29, 0.717) is 0 Å². The molecule has 0 unspecified atom stereocenters. The molecule has 7 nitrogen and oxygen atoms in total. The lowest BCUT2D eigenvalue weighted by atomic mass is 10.2. The first-order valence-electron chi connectivity index (χ1n) is 8.28. The van der Waals surface area contributed by atoms with Crippen molar-refractivity contribution in [2.24, 2.45) is 0 Å². The molecule has 0 aliphatic carbocycles. The van der Waals surface area contributed by atoms with E-state index in [1.54, 1.807) is 20.8 Å². The van der Waals surface area contributed by atoms with Crippen molar-refractivity contribution in [2.75, 3.05) is 18.1 Å². The summed E-state index contributed by atoms with van der Waals surface area (Å²) in [6, 6.07) is 8.26. The zero-order chi connectivity index (χ0) is 19.6. The van der Waals surface area contributed by atoms with Crippen molar-refractivity contribution in [3.63, 3.8) is 0 Å². The minimum absolute atomic E-state index is 0.0874. The van der Waals surface area contributed by atoms with Crippen LogP contribution in [0.25, 0.3) is 0 Å². The minimum atomic E-state index is -0.923. The summed E-state index contributed by atoms with van der Waals surface area (Å²) in [6.07, 6.45) is -1.61. The summed E-state index contributed by atoms with van der Waals surface area (Å²) in [5.74, 6) is -0.164. The molecule has 0 saturated carbocycles. The van der Waals surface area contributed by atoms with Gasteiger partial charge in [0, 0.05) is 11.5 Å². The highest BCUT2D eigenvalue weighted by molar-refractivity contribution is 7.99. The highest BCUT2D eigenvalue weighted by Crippen LogP contribution is 2.12. The number of alkyl carbamates (subject to hydrolysis) is 1. The van der Waals surface area contributed by atoms with Crippen molar-refractivity contribution in [1.82, 2.24) is 5.32 Å². The molecule has 0 spiro atoms. The Hall–Kier alpha value is -1.77. The second-order valence-electron chi connectivity index (χ2n) is 6.67. The van der Waals surface area contributed by atoms with Crippen molar-refractivity contribution in [2.45, 2.75) is 45.1 Å². The van der Waals surface area contributed by atoms with Gasteiger partial charge in [-0.25, -0.2) is 9.59 Å². The Morgan fingerprint density at radius 1 is 1.19 bits per heavy atom. The number of hydrogen-bond donors (Lipinski definition) is 3. The molecule has 1 aromatic carbocycles. The third-order valence-corrected chi connectivity index (χ3v) is 4.19. The molecule has 1 amide bonds. The van der Waals surface area contributed by atoms with Crippen LogP contribution in [0.5, 0.6) is 0 Å². The number of benzene rings is 1. The van der Waals surface area contributed by atoms with E-state index >= 15 is 0 Å². The van der Waals surface area contributed by atoms with Gasteiger partial charge >= 0.3 is 12.1 Å². The summed E-state index contributed by atoms with van der Waals surface area (Å²) in [6.45, 7) is 4.93. The number of carbonyl (C=O) groups is 2. The number of amides is 1. The first kappa shape index (κ1) is 22.3. The number of aliphatic hydroxyl groups excluding tert-OH is 2. The van der Waals surface area contributed by atoms with E-state index in [1.165, 1.54) is 11.8 Å². The zero-order valence-electron chi connectivity index (χ0n) is 15.3. The van der Waals surface area contributed by atoms with Crippen LogP contribution < -0.4 is 5.32 Å². The Morgan fingerprint density at radius 3 is 2.42 bits per heavy atom. The fourth-order valence-electron chi connectivity index (χ4n) is 1.82. The summed E-state index contributed by atoms with van der Waals surface area (Å²) < 4.78 is 10.4. The average Bonchev–Trinajstić information content (AvgIpc) is 2.58. The standard InChI is InChI=1S/C18H27NO6S/c1-18(2,3)25-16(22)15(12-26-11-14(21)9-20)19-17(23)24-10-13-7-5-4-6-8-13/h4-8,14-15,20-21H,9-12H2,1-3H3,(H,19,23)/t14-,15-/m0/s1. The monoisotopic (exact) mass is 385 g/mol. The van der Waals surface area contributed by atoms with Gasteiger partial charge in [-0.2, -0.15) is 11.8 Å². The van der Waals surface area contributed by atoms with Crippen LogP contribution in [-0.2, 0) is 20.9 Å². The van der Waals surface area contributed by atoms with Gasteiger partial charge in [0.2, 0.25) is 0 Å². The number of nitrogens with one attached hydrogen (secondary N) is 1. The third-order valence-electron chi connectivity index (χ3n) is 3.00. The smallest absolute Gasteiger partial charge is 0.408 e. The SMILES string of the molecule is CC(C)(C)OC(=O)[C@H](CSC[C@@H](O)CO)NC(=O)OCc1ccccc1. The Balaban J connectivity index is 2.58. The van der Waals surface area contributed by atoms with Crippen LogP contribution >= 0.6 is 11.8 Å². The molecule has 1 rings (SSSR count). The lowest BCUT2D eigenvalue weighted by Crippen LogP contribution is -2.46. The van der Waals surface area contributed by atoms with Crippen LogP contribution in [0.4, 0.5) is 4.79 Å². The maximum absolute atomic E-state index is 12.3. The van der Waals surface area contributed by atoms with E-state index in [9.17, 15) is 14.7 Å². The fraction of sp³-hybridized carbons (Fsp3) is 0.556. The molecular formula is C18H27NO6S. The minimum Gasteiger partial charge on any atom is -0.458 e. The van der Waals surface area contributed by atoms with Crippen LogP contribution in [0.3, 0.4) is 0 Å². The summed E-state index contributed by atoms with van der Waals surface area (Å²) in [5.41, 5.74) is 0.136. The molecule has 26 heavy (non-hydrogen) atoms. The number of carbonyl (C=O) groups excluding carboxylic acids is 2. The molecule has 1 aromatic rings. The van der Waals surface area contributed by atoms with E-state index in [2.05, 4.69) is 5.32 Å². The fourth-order valence-corrected chi connectivity index (χ4v) is 2.79. The number of rotatable bonds is 9. The lowest BCUT2D eigenvalue weighted by molar-refractivity contribution is -0.156. The van der Waals surface area contributed by atoms with E-state index in [1.807, 2.05) is 30.3 Å². The Kier molecular flexibility index (Phi) is 9.47. The quantitative estimate of drug-likeness (QED) is 0.556. The maximum Gasteiger partial charge on any atom is 0.408 e. The highest BCUT2D eigenvalue weighted by atomic mass is 32.2.